The molecule has 2 aliphatic rings. The van der Waals surface area contributed by atoms with Crippen LogP contribution >= 0.6 is 0 Å². The van der Waals surface area contributed by atoms with Crippen molar-refractivity contribution >= 4 is 5.96 Å². The molecule has 0 spiro atoms. The van der Waals surface area contributed by atoms with Crippen molar-refractivity contribution in [2.45, 2.75) is 32.2 Å². The summed E-state index contributed by atoms with van der Waals surface area (Å²) >= 11 is 0. The van der Waals surface area contributed by atoms with Crippen LogP contribution in [0, 0.1) is 11.7 Å². The number of benzene rings is 1. The van der Waals surface area contributed by atoms with Gasteiger partial charge in [-0.15, -0.1) is 0 Å². The summed E-state index contributed by atoms with van der Waals surface area (Å²) in [6.07, 6.45) is 3.48. The van der Waals surface area contributed by atoms with Gasteiger partial charge in [0.2, 0.25) is 0 Å². The molecule has 1 aromatic carbocycles. The third-order valence-electron chi connectivity index (χ3n) is 6.07. The van der Waals surface area contributed by atoms with E-state index in [-0.39, 0.29) is 11.9 Å². The molecule has 0 saturated carbocycles. The second-order valence-electron chi connectivity index (χ2n) is 8.18. The fourth-order valence-corrected chi connectivity index (χ4v) is 4.17. The first-order valence-corrected chi connectivity index (χ1v) is 11.3. The summed E-state index contributed by atoms with van der Waals surface area (Å²) < 4.78 is 24.5. The standard InChI is InChI=1S/C23H37FN4O2/c1-3-25-23(27(2)11-8-19-9-14-29-15-10-19)26-18-22(28-12-16-30-17-13-28)20-4-6-21(24)7-5-20/h4-7,19,22H,3,8-18H2,1-2H3,(H,25,26). The van der Waals surface area contributed by atoms with Gasteiger partial charge in [-0.05, 0) is 49.8 Å². The fourth-order valence-electron chi connectivity index (χ4n) is 4.17. The minimum Gasteiger partial charge on any atom is -0.381 e. The molecule has 0 radical (unpaired) electrons. The van der Waals surface area contributed by atoms with Crippen LogP contribution in [0.2, 0.25) is 0 Å². The number of rotatable bonds is 8. The van der Waals surface area contributed by atoms with E-state index in [4.69, 9.17) is 14.5 Å². The molecule has 0 aromatic heterocycles. The highest BCUT2D eigenvalue weighted by atomic mass is 19.1. The molecule has 1 atom stereocenters. The number of aliphatic imine (C=N–C) groups is 1. The van der Waals surface area contributed by atoms with Crippen LogP contribution in [0.1, 0.15) is 37.8 Å². The molecule has 2 fully saturated rings. The van der Waals surface area contributed by atoms with Crippen molar-refractivity contribution in [2.24, 2.45) is 10.9 Å². The Morgan fingerprint density at radius 1 is 1.17 bits per heavy atom. The predicted octanol–water partition coefficient (Wildman–Crippen LogP) is 2.91. The minimum atomic E-state index is -0.204. The van der Waals surface area contributed by atoms with Crippen molar-refractivity contribution < 1.29 is 13.9 Å². The number of hydrogen-bond donors (Lipinski definition) is 1. The summed E-state index contributed by atoms with van der Waals surface area (Å²) in [4.78, 5) is 9.61. The van der Waals surface area contributed by atoms with Crippen molar-refractivity contribution in [2.75, 3.05) is 66.2 Å². The first-order valence-electron chi connectivity index (χ1n) is 11.3. The van der Waals surface area contributed by atoms with Gasteiger partial charge in [0.05, 0.1) is 25.8 Å². The van der Waals surface area contributed by atoms with Gasteiger partial charge in [-0.3, -0.25) is 9.89 Å². The van der Waals surface area contributed by atoms with E-state index in [1.807, 2.05) is 12.1 Å². The van der Waals surface area contributed by atoms with Crippen LogP contribution in [-0.4, -0.2) is 82.0 Å². The maximum Gasteiger partial charge on any atom is 0.193 e. The van der Waals surface area contributed by atoms with E-state index in [0.717, 1.165) is 89.3 Å². The van der Waals surface area contributed by atoms with E-state index in [0.29, 0.717) is 6.54 Å². The Morgan fingerprint density at radius 2 is 1.83 bits per heavy atom. The van der Waals surface area contributed by atoms with Crippen LogP contribution in [-0.2, 0) is 9.47 Å². The van der Waals surface area contributed by atoms with Gasteiger partial charge in [0.25, 0.3) is 0 Å². The molecule has 2 aliphatic heterocycles. The summed E-state index contributed by atoms with van der Waals surface area (Å²) in [7, 11) is 2.11. The Balaban J connectivity index is 1.66. The molecule has 2 saturated heterocycles. The van der Waals surface area contributed by atoms with Crippen LogP contribution in [0.5, 0.6) is 0 Å². The van der Waals surface area contributed by atoms with Crippen molar-refractivity contribution in [1.82, 2.24) is 15.1 Å². The summed E-state index contributed by atoms with van der Waals surface area (Å²) in [6.45, 7) is 9.52. The molecule has 0 bridgehead atoms. The molecule has 3 rings (SSSR count). The third-order valence-corrected chi connectivity index (χ3v) is 6.07. The maximum atomic E-state index is 13.5. The van der Waals surface area contributed by atoms with Gasteiger partial charge in [0.1, 0.15) is 5.82 Å². The second kappa shape index (κ2) is 12.2. The zero-order valence-electron chi connectivity index (χ0n) is 18.5. The lowest BCUT2D eigenvalue weighted by Gasteiger charge is -2.34. The van der Waals surface area contributed by atoms with Crippen molar-refractivity contribution in [1.29, 1.82) is 0 Å². The Kier molecular flexibility index (Phi) is 9.36. The van der Waals surface area contributed by atoms with Crippen molar-refractivity contribution in [3.8, 4) is 0 Å². The molecule has 7 heteroatoms. The fraction of sp³-hybridized carbons (Fsp3) is 0.696. The molecule has 1 N–H and O–H groups in total. The quantitative estimate of drug-likeness (QED) is 0.518. The number of nitrogens with one attached hydrogen (secondary N) is 1. The number of ether oxygens (including phenoxy) is 2. The summed E-state index contributed by atoms with van der Waals surface area (Å²) in [6, 6.07) is 6.96. The first-order chi connectivity index (χ1) is 14.7. The monoisotopic (exact) mass is 420 g/mol. The summed E-state index contributed by atoms with van der Waals surface area (Å²) in [5.74, 6) is 1.47. The zero-order valence-corrected chi connectivity index (χ0v) is 18.5. The van der Waals surface area contributed by atoms with Crippen LogP contribution in [0.3, 0.4) is 0 Å². The maximum absolute atomic E-state index is 13.5. The number of hydrogen-bond acceptors (Lipinski definition) is 4. The van der Waals surface area contributed by atoms with Gasteiger partial charge in [-0.2, -0.15) is 0 Å². The van der Waals surface area contributed by atoms with E-state index in [2.05, 4.69) is 29.1 Å². The minimum absolute atomic E-state index is 0.118. The highest BCUT2D eigenvalue weighted by Gasteiger charge is 2.23. The van der Waals surface area contributed by atoms with Crippen LogP contribution in [0.4, 0.5) is 4.39 Å². The molecule has 30 heavy (non-hydrogen) atoms. The summed E-state index contributed by atoms with van der Waals surface area (Å²) in [5, 5.41) is 3.44. The third kappa shape index (κ3) is 6.93. The average Bonchev–Trinajstić information content (AvgIpc) is 2.79. The molecular weight excluding hydrogens is 383 g/mol. The zero-order chi connectivity index (χ0) is 21.2. The van der Waals surface area contributed by atoms with E-state index in [1.165, 1.54) is 12.1 Å². The molecule has 2 heterocycles. The van der Waals surface area contributed by atoms with Crippen molar-refractivity contribution in [3.05, 3.63) is 35.6 Å². The van der Waals surface area contributed by atoms with Crippen LogP contribution in [0.15, 0.2) is 29.3 Å². The van der Waals surface area contributed by atoms with Gasteiger partial charge in [0.15, 0.2) is 5.96 Å². The highest BCUT2D eigenvalue weighted by molar-refractivity contribution is 5.79. The molecule has 1 unspecified atom stereocenters. The van der Waals surface area contributed by atoms with Crippen LogP contribution < -0.4 is 5.32 Å². The lowest BCUT2D eigenvalue weighted by atomic mass is 9.96. The Labute approximate surface area is 180 Å². The highest BCUT2D eigenvalue weighted by Crippen LogP contribution is 2.23. The second-order valence-corrected chi connectivity index (χ2v) is 8.18. The number of guanidine groups is 1. The average molecular weight is 421 g/mol. The Hall–Kier alpha value is -1.70. The summed E-state index contributed by atoms with van der Waals surface area (Å²) in [5.41, 5.74) is 1.10. The Bertz CT molecular complexity index is 643. The van der Waals surface area contributed by atoms with E-state index in [1.54, 1.807) is 0 Å². The Morgan fingerprint density at radius 3 is 2.50 bits per heavy atom. The number of halogens is 1. The SMILES string of the molecule is CCNC(=NCC(c1ccc(F)cc1)N1CCOCC1)N(C)CCC1CCOCC1. The topological polar surface area (TPSA) is 49.3 Å². The lowest BCUT2D eigenvalue weighted by Crippen LogP contribution is -2.42. The smallest absolute Gasteiger partial charge is 0.193 e. The van der Waals surface area contributed by atoms with Gasteiger partial charge in [-0.25, -0.2) is 4.39 Å². The molecule has 6 nitrogen and oxygen atoms in total. The van der Waals surface area contributed by atoms with Gasteiger partial charge >= 0.3 is 0 Å². The molecule has 0 amide bonds. The van der Waals surface area contributed by atoms with Gasteiger partial charge in [-0.1, -0.05) is 12.1 Å². The van der Waals surface area contributed by atoms with Crippen molar-refractivity contribution in [3.63, 3.8) is 0 Å². The van der Waals surface area contributed by atoms with E-state index < -0.39 is 0 Å². The van der Waals surface area contributed by atoms with E-state index >= 15 is 0 Å². The molecule has 1 aromatic rings. The largest absolute Gasteiger partial charge is 0.381 e. The molecule has 168 valence electrons. The normalized spacial score (nSPS) is 20.2. The van der Waals surface area contributed by atoms with Gasteiger partial charge < -0.3 is 19.7 Å². The van der Waals surface area contributed by atoms with Crippen LogP contribution in [0.25, 0.3) is 0 Å². The lowest BCUT2D eigenvalue weighted by molar-refractivity contribution is 0.0179. The predicted molar refractivity (Wildman–Crippen MR) is 118 cm³/mol. The van der Waals surface area contributed by atoms with E-state index in [9.17, 15) is 4.39 Å². The first kappa shape index (κ1) is 23.0. The molecule has 0 aliphatic carbocycles. The number of nitrogens with zero attached hydrogens (tertiary/aromatic N) is 3. The van der Waals surface area contributed by atoms with Gasteiger partial charge in [0, 0.05) is 46.4 Å². The number of morpholine rings is 1. The molecular formula is C23H37FN4O2.